The van der Waals surface area contributed by atoms with Gasteiger partial charge in [0.1, 0.15) is 17.3 Å². The van der Waals surface area contributed by atoms with E-state index in [0.717, 1.165) is 12.1 Å². The molecule has 2 rings (SSSR count). The van der Waals surface area contributed by atoms with Gasteiger partial charge >= 0.3 is 0 Å². The molecule has 0 radical (unpaired) electrons. The summed E-state index contributed by atoms with van der Waals surface area (Å²) in [5.41, 5.74) is -0.447. The van der Waals surface area contributed by atoms with Crippen LogP contribution in [0.3, 0.4) is 0 Å². The third-order valence-electron chi connectivity index (χ3n) is 2.60. The van der Waals surface area contributed by atoms with Gasteiger partial charge in [-0.1, -0.05) is 11.2 Å². The fourth-order valence-corrected chi connectivity index (χ4v) is 1.64. The Balaban J connectivity index is 1.75. The number of aryl methyl sites for hydroxylation is 1. The van der Waals surface area contributed by atoms with E-state index in [1.165, 1.54) is 6.07 Å². The summed E-state index contributed by atoms with van der Waals surface area (Å²) in [4.78, 5) is 15.6. The highest BCUT2D eigenvalue weighted by Gasteiger charge is 2.11. The van der Waals surface area contributed by atoms with Gasteiger partial charge in [0.2, 0.25) is 11.8 Å². The van der Waals surface area contributed by atoms with Crippen LogP contribution in [-0.2, 0) is 11.2 Å². The average Bonchev–Trinajstić information content (AvgIpc) is 2.85. The maximum Gasteiger partial charge on any atom is 0.238 e. The zero-order chi connectivity index (χ0) is 15.2. The molecule has 0 aliphatic heterocycles. The summed E-state index contributed by atoms with van der Waals surface area (Å²) in [6, 6.07) is 3.37. The third kappa shape index (κ3) is 4.32. The van der Waals surface area contributed by atoms with Gasteiger partial charge in [0.05, 0.1) is 6.54 Å². The monoisotopic (exact) mass is 296 g/mol. The van der Waals surface area contributed by atoms with Crippen molar-refractivity contribution in [1.29, 1.82) is 0 Å². The Kier molecular flexibility index (Phi) is 4.94. The quantitative estimate of drug-likeness (QED) is 0.788. The topological polar surface area (TPSA) is 80.0 Å². The number of amides is 1. The van der Waals surface area contributed by atoms with E-state index in [9.17, 15) is 13.6 Å². The lowest BCUT2D eigenvalue weighted by Gasteiger charge is -2.07. The molecule has 0 spiro atoms. The fraction of sp³-hybridized carbons (Fsp3) is 0.308. The maximum atomic E-state index is 13.3. The molecule has 8 heteroatoms. The van der Waals surface area contributed by atoms with Gasteiger partial charge in [-0.15, -0.1) is 0 Å². The van der Waals surface area contributed by atoms with Gasteiger partial charge in [-0.3, -0.25) is 4.79 Å². The second kappa shape index (κ2) is 6.89. The second-order valence-corrected chi connectivity index (χ2v) is 4.31. The Morgan fingerprint density at radius 1 is 1.33 bits per heavy atom. The number of rotatable bonds is 6. The molecule has 2 aromatic rings. The lowest BCUT2D eigenvalue weighted by Crippen LogP contribution is -2.30. The van der Waals surface area contributed by atoms with Crippen molar-refractivity contribution in [3.05, 3.63) is 41.5 Å². The second-order valence-electron chi connectivity index (χ2n) is 4.31. The SMILES string of the molecule is Cc1noc(CCNCC(=O)Nc2c(F)cccc2F)n1. The van der Waals surface area contributed by atoms with Crippen LogP contribution >= 0.6 is 0 Å². The van der Waals surface area contributed by atoms with Gasteiger partial charge in [-0.2, -0.15) is 4.98 Å². The Labute approximate surface area is 119 Å². The maximum absolute atomic E-state index is 13.3. The Morgan fingerprint density at radius 2 is 2.05 bits per heavy atom. The van der Waals surface area contributed by atoms with Gasteiger partial charge in [0.15, 0.2) is 5.82 Å². The number of carbonyl (C=O) groups excluding carboxylic acids is 1. The highest BCUT2D eigenvalue weighted by Crippen LogP contribution is 2.17. The molecule has 0 aliphatic carbocycles. The zero-order valence-electron chi connectivity index (χ0n) is 11.3. The molecule has 0 fully saturated rings. The number of carbonyl (C=O) groups is 1. The summed E-state index contributed by atoms with van der Waals surface area (Å²) in [6.45, 7) is 2.05. The van der Waals surface area contributed by atoms with E-state index in [4.69, 9.17) is 4.52 Å². The minimum atomic E-state index is -0.815. The molecule has 0 atom stereocenters. The van der Waals surface area contributed by atoms with Crippen molar-refractivity contribution in [2.45, 2.75) is 13.3 Å². The number of nitrogens with one attached hydrogen (secondary N) is 2. The van der Waals surface area contributed by atoms with E-state index in [1.807, 2.05) is 0 Å². The van der Waals surface area contributed by atoms with Gasteiger partial charge in [-0.05, 0) is 19.1 Å². The molecule has 0 saturated carbocycles. The highest BCUT2D eigenvalue weighted by molar-refractivity contribution is 5.92. The molecule has 2 N–H and O–H groups in total. The van der Waals surface area contributed by atoms with E-state index >= 15 is 0 Å². The standard InChI is InChI=1S/C13H14F2N4O2/c1-8-17-12(21-19-8)5-6-16-7-11(20)18-13-9(14)3-2-4-10(13)15/h2-4,16H,5-7H2,1H3,(H,18,20). The van der Waals surface area contributed by atoms with Gasteiger partial charge in [0, 0.05) is 13.0 Å². The number of hydrogen-bond donors (Lipinski definition) is 2. The lowest BCUT2D eigenvalue weighted by molar-refractivity contribution is -0.115. The summed E-state index contributed by atoms with van der Waals surface area (Å²) in [5, 5.41) is 8.62. The lowest BCUT2D eigenvalue weighted by atomic mass is 10.3. The molecule has 1 aromatic carbocycles. The fourth-order valence-electron chi connectivity index (χ4n) is 1.64. The zero-order valence-corrected chi connectivity index (χ0v) is 11.3. The van der Waals surface area contributed by atoms with Crippen LogP contribution in [0.15, 0.2) is 22.7 Å². The Morgan fingerprint density at radius 3 is 2.67 bits per heavy atom. The Hall–Kier alpha value is -2.35. The predicted molar refractivity (Wildman–Crippen MR) is 70.6 cm³/mol. The molecule has 1 heterocycles. The number of aromatic nitrogens is 2. The highest BCUT2D eigenvalue weighted by atomic mass is 19.1. The minimum Gasteiger partial charge on any atom is -0.339 e. The summed E-state index contributed by atoms with van der Waals surface area (Å²) in [7, 11) is 0. The first-order valence-corrected chi connectivity index (χ1v) is 6.30. The summed E-state index contributed by atoms with van der Waals surface area (Å²) < 4.78 is 31.5. The number of anilines is 1. The van der Waals surface area contributed by atoms with Crippen LogP contribution in [0.1, 0.15) is 11.7 Å². The molecule has 0 aliphatic rings. The molecule has 1 amide bonds. The number of nitrogens with zero attached hydrogens (tertiary/aromatic N) is 2. The molecule has 0 bridgehead atoms. The molecule has 112 valence electrons. The molecular formula is C13H14F2N4O2. The van der Waals surface area contributed by atoms with Crippen LogP contribution in [0.2, 0.25) is 0 Å². The first kappa shape index (κ1) is 15.0. The summed E-state index contributed by atoms with van der Waals surface area (Å²) in [6.07, 6.45) is 0.460. The van der Waals surface area contributed by atoms with Crippen LogP contribution in [0.25, 0.3) is 0 Å². The van der Waals surface area contributed by atoms with Crippen molar-refractivity contribution >= 4 is 11.6 Å². The van der Waals surface area contributed by atoms with Crippen molar-refractivity contribution in [3.8, 4) is 0 Å². The predicted octanol–water partition coefficient (Wildman–Crippen LogP) is 1.43. The van der Waals surface area contributed by atoms with Gasteiger partial charge < -0.3 is 15.2 Å². The van der Waals surface area contributed by atoms with Crippen LogP contribution < -0.4 is 10.6 Å². The molecule has 0 unspecified atom stereocenters. The van der Waals surface area contributed by atoms with E-state index < -0.39 is 23.2 Å². The Bertz CT molecular complexity index is 610. The number of halogens is 2. The number of hydrogen-bond acceptors (Lipinski definition) is 5. The van der Waals surface area contributed by atoms with Crippen molar-refractivity contribution in [2.24, 2.45) is 0 Å². The van der Waals surface area contributed by atoms with E-state index in [2.05, 4.69) is 20.8 Å². The number of benzene rings is 1. The summed E-state index contributed by atoms with van der Waals surface area (Å²) in [5.74, 6) is -1.17. The van der Waals surface area contributed by atoms with Gasteiger partial charge in [0.25, 0.3) is 0 Å². The van der Waals surface area contributed by atoms with Crippen LogP contribution in [0.4, 0.5) is 14.5 Å². The largest absolute Gasteiger partial charge is 0.339 e. The molecular weight excluding hydrogens is 282 g/mol. The van der Waals surface area contributed by atoms with Crippen LogP contribution in [0, 0.1) is 18.6 Å². The van der Waals surface area contributed by atoms with Crippen LogP contribution in [0.5, 0.6) is 0 Å². The molecule has 21 heavy (non-hydrogen) atoms. The number of para-hydroxylation sites is 1. The van der Waals surface area contributed by atoms with Crippen molar-refractivity contribution < 1.29 is 18.1 Å². The third-order valence-corrected chi connectivity index (χ3v) is 2.60. The van der Waals surface area contributed by atoms with Crippen molar-refractivity contribution in [2.75, 3.05) is 18.4 Å². The van der Waals surface area contributed by atoms with Gasteiger partial charge in [-0.25, -0.2) is 8.78 Å². The summed E-state index contributed by atoms with van der Waals surface area (Å²) >= 11 is 0. The molecule has 6 nitrogen and oxygen atoms in total. The van der Waals surface area contributed by atoms with Crippen molar-refractivity contribution in [1.82, 2.24) is 15.5 Å². The van der Waals surface area contributed by atoms with E-state index in [1.54, 1.807) is 6.92 Å². The molecule has 0 saturated heterocycles. The normalized spacial score (nSPS) is 10.6. The van der Waals surface area contributed by atoms with Crippen molar-refractivity contribution in [3.63, 3.8) is 0 Å². The van der Waals surface area contributed by atoms with Crippen LogP contribution in [-0.4, -0.2) is 29.1 Å². The minimum absolute atomic E-state index is 0.0824. The molecule has 1 aromatic heterocycles. The average molecular weight is 296 g/mol. The smallest absolute Gasteiger partial charge is 0.238 e. The first-order valence-electron chi connectivity index (χ1n) is 6.30. The van der Waals surface area contributed by atoms with E-state index in [0.29, 0.717) is 24.7 Å². The first-order chi connectivity index (χ1) is 10.1. The van der Waals surface area contributed by atoms with E-state index in [-0.39, 0.29) is 6.54 Å².